The average Bonchev–Trinajstić information content (AvgIpc) is 2.49. The fourth-order valence-corrected chi connectivity index (χ4v) is 2.98. The predicted molar refractivity (Wildman–Crippen MR) is 87.5 cm³/mol. The molecule has 0 radical (unpaired) electrons. The first-order valence-corrected chi connectivity index (χ1v) is 7.85. The van der Waals surface area contributed by atoms with Gasteiger partial charge in [0.15, 0.2) is 0 Å². The number of nitrogens with zero attached hydrogens (tertiary/aromatic N) is 1. The van der Waals surface area contributed by atoms with E-state index in [-0.39, 0.29) is 5.91 Å². The molecule has 1 aliphatic rings. The first kappa shape index (κ1) is 16.0. The Morgan fingerprint density at radius 3 is 2.90 bits per heavy atom. The van der Waals surface area contributed by atoms with Crippen molar-refractivity contribution < 1.29 is 4.79 Å². The second-order valence-electron chi connectivity index (χ2n) is 6.08. The summed E-state index contributed by atoms with van der Waals surface area (Å²) in [5.41, 5.74) is 2.02. The number of piperidine rings is 1. The van der Waals surface area contributed by atoms with E-state index >= 15 is 0 Å². The van der Waals surface area contributed by atoms with Crippen molar-refractivity contribution in [3.63, 3.8) is 0 Å². The van der Waals surface area contributed by atoms with Gasteiger partial charge in [-0.2, -0.15) is 0 Å². The second kappa shape index (κ2) is 7.57. The molecule has 4 heteroatoms. The summed E-state index contributed by atoms with van der Waals surface area (Å²) in [6.07, 6.45) is 2.42. The molecule has 1 amide bonds. The van der Waals surface area contributed by atoms with E-state index in [0.29, 0.717) is 18.5 Å². The van der Waals surface area contributed by atoms with Gasteiger partial charge in [0.2, 0.25) is 5.91 Å². The van der Waals surface area contributed by atoms with Crippen LogP contribution in [0.4, 0.5) is 5.69 Å². The number of amides is 1. The van der Waals surface area contributed by atoms with E-state index in [1.807, 2.05) is 38.2 Å². The van der Waals surface area contributed by atoms with Crippen molar-refractivity contribution in [2.45, 2.75) is 32.7 Å². The highest BCUT2D eigenvalue weighted by Gasteiger charge is 2.24. The number of aryl methyl sites for hydroxylation is 1. The highest BCUT2D eigenvalue weighted by atomic mass is 16.2. The molecule has 0 bridgehead atoms. The van der Waals surface area contributed by atoms with E-state index in [9.17, 15) is 4.79 Å². The summed E-state index contributed by atoms with van der Waals surface area (Å²) < 4.78 is 0. The van der Waals surface area contributed by atoms with Crippen LogP contribution in [-0.4, -0.2) is 43.5 Å². The monoisotopic (exact) mass is 289 g/mol. The SMILES string of the molecule is CNC(C)C1CCCN(CC(=O)Nc2ccccc2C)C1. The molecule has 2 N–H and O–H groups in total. The van der Waals surface area contributed by atoms with Crippen molar-refractivity contribution in [2.24, 2.45) is 5.92 Å². The van der Waals surface area contributed by atoms with E-state index in [1.165, 1.54) is 12.8 Å². The Morgan fingerprint density at radius 2 is 2.19 bits per heavy atom. The molecule has 1 aliphatic heterocycles. The third kappa shape index (κ3) is 4.55. The number of carbonyl (C=O) groups excluding carboxylic acids is 1. The topological polar surface area (TPSA) is 44.4 Å². The molecular weight excluding hydrogens is 262 g/mol. The number of hydrogen-bond acceptors (Lipinski definition) is 3. The number of hydrogen-bond donors (Lipinski definition) is 2. The van der Waals surface area contributed by atoms with Gasteiger partial charge in [0.1, 0.15) is 0 Å². The zero-order chi connectivity index (χ0) is 15.2. The standard InChI is InChI=1S/C17H27N3O/c1-13-7-4-5-9-16(13)19-17(21)12-20-10-6-8-15(11-20)14(2)18-3/h4-5,7,9,14-15,18H,6,8,10-12H2,1-3H3,(H,19,21). The Balaban J connectivity index is 1.86. The van der Waals surface area contributed by atoms with Crippen molar-refractivity contribution in [2.75, 3.05) is 32.0 Å². The van der Waals surface area contributed by atoms with Gasteiger partial charge in [0.25, 0.3) is 0 Å². The second-order valence-corrected chi connectivity index (χ2v) is 6.08. The van der Waals surface area contributed by atoms with Gasteiger partial charge in [-0.25, -0.2) is 0 Å². The largest absolute Gasteiger partial charge is 0.325 e. The maximum atomic E-state index is 12.2. The molecule has 4 nitrogen and oxygen atoms in total. The Labute approximate surface area is 127 Å². The lowest BCUT2D eigenvalue weighted by Crippen LogP contribution is -2.45. The Kier molecular flexibility index (Phi) is 5.76. The molecule has 2 atom stereocenters. The molecule has 0 aromatic heterocycles. The Morgan fingerprint density at radius 1 is 1.43 bits per heavy atom. The zero-order valence-corrected chi connectivity index (χ0v) is 13.4. The minimum atomic E-state index is 0.0852. The van der Waals surface area contributed by atoms with E-state index in [1.54, 1.807) is 0 Å². The first-order valence-electron chi connectivity index (χ1n) is 7.85. The van der Waals surface area contributed by atoms with Gasteiger partial charge in [-0.15, -0.1) is 0 Å². The normalized spacial score (nSPS) is 21.0. The van der Waals surface area contributed by atoms with Crippen LogP contribution in [0.15, 0.2) is 24.3 Å². The van der Waals surface area contributed by atoms with Crippen LogP contribution >= 0.6 is 0 Å². The molecule has 0 aliphatic carbocycles. The van der Waals surface area contributed by atoms with Gasteiger partial charge < -0.3 is 10.6 Å². The maximum Gasteiger partial charge on any atom is 0.238 e. The van der Waals surface area contributed by atoms with Crippen LogP contribution in [-0.2, 0) is 4.79 Å². The van der Waals surface area contributed by atoms with E-state index in [2.05, 4.69) is 22.5 Å². The Hall–Kier alpha value is -1.39. The van der Waals surface area contributed by atoms with Crippen LogP contribution in [0.5, 0.6) is 0 Å². The number of likely N-dealkylation sites (tertiary alicyclic amines) is 1. The highest BCUT2D eigenvalue weighted by molar-refractivity contribution is 5.92. The summed E-state index contributed by atoms with van der Waals surface area (Å²) in [6.45, 7) is 6.75. The Bertz CT molecular complexity index is 475. The van der Waals surface area contributed by atoms with Crippen LogP contribution in [0, 0.1) is 12.8 Å². The van der Waals surface area contributed by atoms with E-state index in [4.69, 9.17) is 0 Å². The first-order chi connectivity index (χ1) is 10.1. The molecule has 1 aromatic carbocycles. The molecule has 0 spiro atoms. The van der Waals surface area contributed by atoms with Crippen molar-refractivity contribution in [3.05, 3.63) is 29.8 Å². The maximum absolute atomic E-state index is 12.2. The van der Waals surface area contributed by atoms with Crippen molar-refractivity contribution >= 4 is 11.6 Å². The lowest BCUT2D eigenvalue weighted by molar-refractivity contribution is -0.117. The molecule has 21 heavy (non-hydrogen) atoms. The van der Waals surface area contributed by atoms with Gasteiger partial charge in [0, 0.05) is 18.3 Å². The lowest BCUT2D eigenvalue weighted by atomic mass is 9.92. The van der Waals surface area contributed by atoms with Crippen LogP contribution in [0.3, 0.4) is 0 Å². The van der Waals surface area contributed by atoms with Crippen molar-refractivity contribution in [1.82, 2.24) is 10.2 Å². The van der Waals surface area contributed by atoms with Gasteiger partial charge >= 0.3 is 0 Å². The minimum absolute atomic E-state index is 0.0852. The summed E-state index contributed by atoms with van der Waals surface area (Å²) in [6, 6.07) is 8.41. The third-order valence-electron chi connectivity index (χ3n) is 4.49. The van der Waals surface area contributed by atoms with Crippen LogP contribution in [0.25, 0.3) is 0 Å². The van der Waals surface area contributed by atoms with Gasteiger partial charge in [-0.1, -0.05) is 18.2 Å². The van der Waals surface area contributed by atoms with Crippen molar-refractivity contribution in [3.8, 4) is 0 Å². The highest BCUT2D eigenvalue weighted by Crippen LogP contribution is 2.20. The number of carbonyl (C=O) groups is 1. The lowest BCUT2D eigenvalue weighted by Gasteiger charge is -2.35. The number of nitrogens with one attached hydrogen (secondary N) is 2. The number of benzene rings is 1. The fraction of sp³-hybridized carbons (Fsp3) is 0.588. The summed E-state index contributed by atoms with van der Waals surface area (Å²) in [5.74, 6) is 0.720. The summed E-state index contributed by atoms with van der Waals surface area (Å²) in [7, 11) is 2.01. The quantitative estimate of drug-likeness (QED) is 0.874. The molecule has 1 saturated heterocycles. The zero-order valence-electron chi connectivity index (χ0n) is 13.4. The van der Waals surface area contributed by atoms with Gasteiger partial charge in [-0.05, 0) is 57.8 Å². The molecule has 1 heterocycles. The number of anilines is 1. The van der Waals surface area contributed by atoms with Gasteiger partial charge in [-0.3, -0.25) is 9.69 Å². The molecule has 2 rings (SSSR count). The molecule has 1 aromatic rings. The molecular formula is C17H27N3O. The predicted octanol–water partition coefficient (Wildman–Crippen LogP) is 2.25. The molecule has 1 fully saturated rings. The fourth-order valence-electron chi connectivity index (χ4n) is 2.98. The van der Waals surface area contributed by atoms with Gasteiger partial charge in [0.05, 0.1) is 6.54 Å². The molecule has 0 saturated carbocycles. The number of rotatable bonds is 5. The van der Waals surface area contributed by atoms with Crippen LogP contribution < -0.4 is 10.6 Å². The van der Waals surface area contributed by atoms with Crippen molar-refractivity contribution in [1.29, 1.82) is 0 Å². The summed E-state index contributed by atoms with van der Waals surface area (Å²) in [4.78, 5) is 14.5. The third-order valence-corrected chi connectivity index (χ3v) is 4.49. The van der Waals surface area contributed by atoms with Crippen LogP contribution in [0.2, 0.25) is 0 Å². The number of para-hydroxylation sites is 1. The minimum Gasteiger partial charge on any atom is -0.325 e. The van der Waals surface area contributed by atoms with Crippen LogP contribution in [0.1, 0.15) is 25.3 Å². The van der Waals surface area contributed by atoms with E-state index in [0.717, 1.165) is 24.3 Å². The molecule has 116 valence electrons. The summed E-state index contributed by atoms with van der Waals surface area (Å²) >= 11 is 0. The molecule has 2 unspecified atom stereocenters. The summed E-state index contributed by atoms with van der Waals surface area (Å²) in [5, 5.41) is 6.35. The average molecular weight is 289 g/mol. The van der Waals surface area contributed by atoms with E-state index < -0.39 is 0 Å². The smallest absolute Gasteiger partial charge is 0.238 e.